The Morgan fingerprint density at radius 1 is 1.04 bits per heavy atom. The van der Waals surface area contributed by atoms with Gasteiger partial charge in [-0.1, -0.05) is 17.3 Å². The lowest BCUT2D eigenvalue weighted by atomic mass is 10.1. The molecule has 3 aromatic rings. The third-order valence-corrected chi connectivity index (χ3v) is 3.35. The van der Waals surface area contributed by atoms with Crippen molar-refractivity contribution in [2.24, 2.45) is 0 Å². The molecule has 6 nitrogen and oxygen atoms in total. The van der Waals surface area contributed by atoms with Crippen LogP contribution >= 0.6 is 0 Å². The van der Waals surface area contributed by atoms with Crippen molar-refractivity contribution in [3.8, 4) is 0 Å². The Bertz CT molecular complexity index is 816. The van der Waals surface area contributed by atoms with Crippen LogP contribution in [0.25, 0.3) is 0 Å². The summed E-state index contributed by atoms with van der Waals surface area (Å²) < 4.78 is 17.9. The molecule has 0 aliphatic rings. The first kappa shape index (κ1) is 15.9. The van der Waals surface area contributed by atoms with Crippen molar-refractivity contribution < 1.29 is 8.91 Å². The van der Waals surface area contributed by atoms with Crippen LogP contribution in [0, 0.1) is 19.7 Å². The van der Waals surface area contributed by atoms with Crippen LogP contribution in [0.1, 0.15) is 17.0 Å². The number of anilines is 3. The summed E-state index contributed by atoms with van der Waals surface area (Å²) in [6, 6.07) is 10.1. The number of nitrogens with one attached hydrogen (secondary N) is 2. The van der Waals surface area contributed by atoms with Crippen molar-refractivity contribution in [3.05, 3.63) is 59.2 Å². The van der Waals surface area contributed by atoms with E-state index in [-0.39, 0.29) is 5.82 Å². The molecule has 0 aliphatic carbocycles. The van der Waals surface area contributed by atoms with Crippen molar-refractivity contribution >= 4 is 17.6 Å². The van der Waals surface area contributed by atoms with Gasteiger partial charge in [-0.2, -0.15) is 4.98 Å². The minimum atomic E-state index is -0.229. The Kier molecular flexibility index (Phi) is 4.69. The van der Waals surface area contributed by atoms with Crippen LogP contribution in [0.4, 0.5) is 22.0 Å². The molecule has 0 aliphatic heterocycles. The molecule has 2 aromatic heterocycles. The molecule has 3 rings (SSSR count). The highest BCUT2D eigenvalue weighted by molar-refractivity contribution is 5.53. The van der Waals surface area contributed by atoms with Gasteiger partial charge in [-0.15, -0.1) is 0 Å². The van der Waals surface area contributed by atoms with Gasteiger partial charge >= 0.3 is 0 Å². The molecule has 24 heavy (non-hydrogen) atoms. The predicted octanol–water partition coefficient (Wildman–Crippen LogP) is 3.62. The third kappa shape index (κ3) is 4.28. The number of hydrogen-bond acceptors (Lipinski definition) is 6. The van der Waals surface area contributed by atoms with E-state index in [1.165, 1.54) is 12.1 Å². The van der Waals surface area contributed by atoms with Crippen LogP contribution in [0.15, 0.2) is 40.9 Å². The van der Waals surface area contributed by atoms with Crippen molar-refractivity contribution in [1.82, 2.24) is 15.1 Å². The van der Waals surface area contributed by atoms with Gasteiger partial charge in [0, 0.05) is 24.4 Å². The maximum absolute atomic E-state index is 12.9. The maximum atomic E-state index is 12.9. The fraction of sp³-hybridized carbons (Fsp3) is 0.235. The van der Waals surface area contributed by atoms with Gasteiger partial charge in [-0.25, -0.2) is 9.37 Å². The standard InChI is InChI=1S/C17H18FN5O/c1-11-9-15(21-16-10-12(2)24-23-16)22-17(20-11)19-8-7-13-3-5-14(18)6-4-13/h3-6,9-10H,7-8H2,1-2H3,(H2,19,20,21,22,23). The molecule has 2 N–H and O–H groups in total. The van der Waals surface area contributed by atoms with Gasteiger partial charge in [0.1, 0.15) is 17.4 Å². The van der Waals surface area contributed by atoms with Crippen LogP contribution < -0.4 is 10.6 Å². The van der Waals surface area contributed by atoms with Crippen LogP contribution in [0.5, 0.6) is 0 Å². The van der Waals surface area contributed by atoms with Crippen LogP contribution in [0.3, 0.4) is 0 Å². The summed E-state index contributed by atoms with van der Waals surface area (Å²) in [5, 5.41) is 10.1. The molecule has 0 atom stereocenters. The zero-order chi connectivity index (χ0) is 16.9. The summed E-state index contributed by atoms with van der Waals surface area (Å²) in [5.74, 6) is 2.26. The SMILES string of the molecule is Cc1cc(Nc2cc(C)on2)nc(NCCc2ccc(F)cc2)n1. The number of aromatic nitrogens is 3. The zero-order valence-corrected chi connectivity index (χ0v) is 13.5. The Hall–Kier alpha value is -2.96. The van der Waals surface area contributed by atoms with E-state index in [1.807, 2.05) is 19.9 Å². The lowest BCUT2D eigenvalue weighted by Crippen LogP contribution is -2.09. The number of rotatable bonds is 6. The summed E-state index contributed by atoms with van der Waals surface area (Å²) in [4.78, 5) is 8.77. The largest absolute Gasteiger partial charge is 0.360 e. The molecule has 0 spiro atoms. The quantitative estimate of drug-likeness (QED) is 0.720. The van der Waals surface area contributed by atoms with Crippen LogP contribution in [-0.2, 0) is 6.42 Å². The van der Waals surface area contributed by atoms with E-state index in [0.29, 0.717) is 24.1 Å². The fourth-order valence-corrected chi connectivity index (χ4v) is 2.24. The van der Waals surface area contributed by atoms with Crippen molar-refractivity contribution in [3.63, 3.8) is 0 Å². The number of halogens is 1. The summed E-state index contributed by atoms with van der Waals surface area (Å²) in [7, 11) is 0. The van der Waals surface area contributed by atoms with Gasteiger partial charge in [-0.3, -0.25) is 0 Å². The molecule has 0 bridgehead atoms. The van der Waals surface area contributed by atoms with Crippen LogP contribution in [0.2, 0.25) is 0 Å². The lowest BCUT2D eigenvalue weighted by Gasteiger charge is -2.08. The Morgan fingerprint density at radius 2 is 1.83 bits per heavy atom. The molecule has 124 valence electrons. The zero-order valence-electron chi connectivity index (χ0n) is 13.5. The smallest absolute Gasteiger partial charge is 0.224 e. The van der Waals surface area contributed by atoms with Crippen LogP contribution in [-0.4, -0.2) is 21.7 Å². The van der Waals surface area contributed by atoms with E-state index in [9.17, 15) is 4.39 Å². The minimum absolute atomic E-state index is 0.229. The highest BCUT2D eigenvalue weighted by Gasteiger charge is 2.05. The predicted molar refractivity (Wildman–Crippen MR) is 89.9 cm³/mol. The first-order chi connectivity index (χ1) is 11.6. The van der Waals surface area contributed by atoms with E-state index >= 15 is 0 Å². The number of benzene rings is 1. The average molecular weight is 327 g/mol. The highest BCUT2D eigenvalue weighted by Crippen LogP contribution is 2.16. The monoisotopic (exact) mass is 327 g/mol. The summed E-state index contributed by atoms with van der Waals surface area (Å²) in [5.41, 5.74) is 1.88. The first-order valence-electron chi connectivity index (χ1n) is 7.63. The molecular weight excluding hydrogens is 309 g/mol. The van der Waals surface area contributed by atoms with Gasteiger partial charge in [0.2, 0.25) is 5.95 Å². The molecule has 0 unspecified atom stereocenters. The topological polar surface area (TPSA) is 75.9 Å². The average Bonchev–Trinajstić information content (AvgIpc) is 2.94. The summed E-state index contributed by atoms with van der Waals surface area (Å²) in [6.45, 7) is 4.37. The maximum Gasteiger partial charge on any atom is 0.224 e. The van der Waals surface area contributed by atoms with E-state index in [4.69, 9.17) is 4.52 Å². The van der Waals surface area contributed by atoms with Crippen molar-refractivity contribution in [2.45, 2.75) is 20.3 Å². The number of hydrogen-bond donors (Lipinski definition) is 2. The second-order valence-electron chi connectivity index (χ2n) is 5.47. The number of aryl methyl sites for hydroxylation is 2. The molecule has 2 heterocycles. The molecule has 0 fully saturated rings. The van der Waals surface area contributed by atoms with Crippen molar-refractivity contribution in [2.75, 3.05) is 17.2 Å². The van der Waals surface area contributed by atoms with Gasteiger partial charge in [-0.05, 0) is 38.0 Å². The molecule has 7 heteroatoms. The molecule has 0 saturated heterocycles. The highest BCUT2D eigenvalue weighted by atomic mass is 19.1. The van der Waals surface area contributed by atoms with Crippen molar-refractivity contribution in [1.29, 1.82) is 0 Å². The van der Waals surface area contributed by atoms with Gasteiger partial charge in [0.15, 0.2) is 5.82 Å². The molecular formula is C17H18FN5O. The van der Waals surface area contributed by atoms with E-state index in [0.717, 1.165) is 23.4 Å². The van der Waals surface area contributed by atoms with E-state index in [2.05, 4.69) is 25.8 Å². The van der Waals surface area contributed by atoms with Gasteiger partial charge < -0.3 is 15.2 Å². The Labute approximate surface area is 139 Å². The first-order valence-corrected chi connectivity index (χ1v) is 7.63. The van der Waals surface area contributed by atoms with E-state index < -0.39 is 0 Å². The third-order valence-electron chi connectivity index (χ3n) is 3.35. The van der Waals surface area contributed by atoms with E-state index in [1.54, 1.807) is 18.2 Å². The second-order valence-corrected chi connectivity index (χ2v) is 5.47. The summed E-state index contributed by atoms with van der Waals surface area (Å²) in [6.07, 6.45) is 0.753. The molecule has 0 radical (unpaired) electrons. The Morgan fingerprint density at radius 3 is 2.54 bits per heavy atom. The number of nitrogens with zero attached hydrogens (tertiary/aromatic N) is 3. The molecule has 0 saturated carbocycles. The second kappa shape index (κ2) is 7.08. The van der Waals surface area contributed by atoms with Gasteiger partial charge in [0.25, 0.3) is 0 Å². The summed E-state index contributed by atoms with van der Waals surface area (Å²) >= 11 is 0. The lowest BCUT2D eigenvalue weighted by molar-refractivity contribution is 0.400. The van der Waals surface area contributed by atoms with Gasteiger partial charge in [0.05, 0.1) is 0 Å². The fourth-order valence-electron chi connectivity index (χ4n) is 2.24. The minimum Gasteiger partial charge on any atom is -0.360 e. The molecule has 0 amide bonds. The molecule has 1 aromatic carbocycles. The normalized spacial score (nSPS) is 10.6. The Balaban J connectivity index is 1.61.